The zero-order valence-corrected chi connectivity index (χ0v) is 22.2. The van der Waals surface area contributed by atoms with Crippen LogP contribution in [0.2, 0.25) is 0 Å². The Morgan fingerprint density at radius 3 is 1.25 bits per heavy atom. The summed E-state index contributed by atoms with van der Waals surface area (Å²) in [6.45, 7) is 0. The van der Waals surface area contributed by atoms with Gasteiger partial charge in [-0.25, -0.2) is 0 Å². The largest absolute Gasteiger partial charge is 0.105 e. The van der Waals surface area contributed by atoms with Crippen molar-refractivity contribution in [1.29, 1.82) is 0 Å². The molecule has 6 aromatic carbocycles. The first kappa shape index (κ1) is 22.9. The van der Waals surface area contributed by atoms with Crippen LogP contribution in [-0.2, 0) is 0 Å². The third kappa shape index (κ3) is 3.98. The molecule has 6 rings (SSSR count). The molecule has 2 unspecified atom stereocenters. The smallest absolute Gasteiger partial charge is 0.000766 e. The summed E-state index contributed by atoms with van der Waals surface area (Å²) in [4.78, 5) is 0. The third-order valence-electron chi connectivity index (χ3n) is 6.80. The van der Waals surface area contributed by atoms with Crippen molar-refractivity contribution in [3.05, 3.63) is 133 Å². The van der Waals surface area contributed by atoms with E-state index in [1.165, 1.54) is 65.9 Å². The Labute approximate surface area is 217 Å². The highest BCUT2D eigenvalue weighted by molar-refractivity contribution is 7.31. The number of benzene rings is 6. The lowest BCUT2D eigenvalue weighted by Crippen LogP contribution is -2.11. The van der Waals surface area contributed by atoms with Crippen LogP contribution in [0, 0.1) is 0 Å². The van der Waals surface area contributed by atoms with Crippen LogP contribution in [0.5, 0.6) is 0 Å². The quantitative estimate of drug-likeness (QED) is 0.215. The molecule has 0 aliphatic rings. The maximum absolute atomic E-state index is 3.10. The molecule has 2 heteroatoms. The van der Waals surface area contributed by atoms with E-state index < -0.39 is 0 Å². The average molecular weight is 497 g/mol. The topological polar surface area (TPSA) is 0 Å². The molecule has 0 aliphatic carbocycles. The summed E-state index contributed by atoms with van der Waals surface area (Å²) in [6, 6.07) is 47.7. The summed E-state index contributed by atoms with van der Waals surface area (Å²) in [5.74, 6) is 0. The van der Waals surface area contributed by atoms with Gasteiger partial charge in [0.05, 0.1) is 0 Å². The van der Waals surface area contributed by atoms with Crippen LogP contribution in [0.25, 0.3) is 55.3 Å². The Bertz CT molecular complexity index is 1660. The first-order valence-electron chi connectivity index (χ1n) is 12.1. The lowest BCUT2D eigenvalue weighted by atomic mass is 9.81. The molecule has 0 spiro atoms. The van der Waals surface area contributed by atoms with Crippen LogP contribution in [0.3, 0.4) is 0 Å². The molecule has 172 valence electrons. The van der Waals surface area contributed by atoms with Crippen molar-refractivity contribution in [3.8, 4) is 44.5 Å². The van der Waals surface area contributed by atoms with Crippen molar-refractivity contribution in [2.24, 2.45) is 0 Å². The van der Waals surface area contributed by atoms with Gasteiger partial charge in [0.2, 0.25) is 0 Å². The first-order valence-corrected chi connectivity index (χ1v) is 13.3. The van der Waals surface area contributed by atoms with Gasteiger partial charge in [0.25, 0.3) is 0 Å². The molecular weight excluding hydrogens is 470 g/mol. The minimum Gasteiger partial charge on any atom is -0.105 e. The summed E-state index contributed by atoms with van der Waals surface area (Å²) < 4.78 is 0. The van der Waals surface area contributed by atoms with E-state index in [0.717, 1.165) is 0 Å². The molecule has 0 fully saturated rings. The maximum atomic E-state index is 3.10. The molecule has 0 saturated carbocycles. The van der Waals surface area contributed by atoms with E-state index in [9.17, 15) is 0 Å². The SMILES string of the molecule is Pc1ccc(-c2ccccc2)c2c(-c3ccccc3)c(-c3ccccc3)c(-c3ccccc3)c(P)c12. The lowest BCUT2D eigenvalue weighted by Gasteiger charge is -2.25. The monoisotopic (exact) mass is 496 g/mol. The Kier molecular flexibility index (Phi) is 6.25. The van der Waals surface area contributed by atoms with Crippen LogP contribution in [0.15, 0.2) is 133 Å². The van der Waals surface area contributed by atoms with Crippen LogP contribution in [0.1, 0.15) is 0 Å². The molecule has 0 aliphatic heterocycles. The minimum atomic E-state index is 1.20. The van der Waals surface area contributed by atoms with E-state index in [2.05, 4.69) is 152 Å². The summed E-state index contributed by atoms with van der Waals surface area (Å²) in [5, 5.41) is 4.97. The Balaban J connectivity index is 1.91. The maximum Gasteiger partial charge on any atom is -0.000766 e. The fourth-order valence-corrected chi connectivity index (χ4v) is 6.41. The molecule has 0 radical (unpaired) electrons. The van der Waals surface area contributed by atoms with E-state index >= 15 is 0 Å². The molecule has 0 heterocycles. The van der Waals surface area contributed by atoms with Gasteiger partial charge >= 0.3 is 0 Å². The molecule has 6 aromatic rings. The summed E-state index contributed by atoms with van der Waals surface area (Å²) in [5.41, 5.74) is 9.91. The molecule has 0 aromatic heterocycles. The van der Waals surface area contributed by atoms with Gasteiger partial charge in [-0.3, -0.25) is 0 Å². The molecule has 2 atom stereocenters. The molecule has 0 nitrogen and oxygen atoms in total. The number of hydrogen-bond donors (Lipinski definition) is 0. The zero-order valence-electron chi connectivity index (χ0n) is 19.9. The van der Waals surface area contributed by atoms with Crippen molar-refractivity contribution in [2.75, 3.05) is 0 Å². The number of hydrogen-bond acceptors (Lipinski definition) is 0. The van der Waals surface area contributed by atoms with Gasteiger partial charge in [-0.1, -0.05) is 133 Å². The van der Waals surface area contributed by atoms with Crippen molar-refractivity contribution in [2.45, 2.75) is 0 Å². The summed E-state index contributed by atoms with van der Waals surface area (Å²) >= 11 is 0. The summed E-state index contributed by atoms with van der Waals surface area (Å²) in [6.07, 6.45) is 0. The standard InChI is InChI=1S/C34H26P2/c35-28-22-21-27(23-13-5-1-6-14-23)32-30(25-17-9-3-10-18-25)29(24-15-7-2-8-16-24)31(34(36)33(28)32)26-19-11-4-12-20-26/h1-22H,35-36H2. The van der Waals surface area contributed by atoms with Crippen LogP contribution in [0.4, 0.5) is 0 Å². The van der Waals surface area contributed by atoms with Gasteiger partial charge < -0.3 is 0 Å². The second-order valence-corrected chi connectivity index (χ2v) is 10.2. The first-order chi connectivity index (χ1) is 17.7. The normalized spacial score (nSPS) is 11.1. The summed E-state index contributed by atoms with van der Waals surface area (Å²) in [7, 11) is 6.09. The van der Waals surface area contributed by atoms with E-state index in [-0.39, 0.29) is 0 Å². The highest BCUT2D eigenvalue weighted by Crippen LogP contribution is 2.47. The highest BCUT2D eigenvalue weighted by atomic mass is 31.0. The fraction of sp³-hybridized carbons (Fsp3) is 0. The highest BCUT2D eigenvalue weighted by Gasteiger charge is 2.24. The second-order valence-electron chi connectivity index (χ2n) is 8.96. The van der Waals surface area contributed by atoms with Gasteiger partial charge in [-0.15, -0.1) is 18.5 Å². The number of rotatable bonds is 4. The third-order valence-corrected chi connectivity index (χ3v) is 7.86. The van der Waals surface area contributed by atoms with Crippen molar-refractivity contribution < 1.29 is 0 Å². The van der Waals surface area contributed by atoms with Gasteiger partial charge in [0.1, 0.15) is 0 Å². The van der Waals surface area contributed by atoms with Crippen LogP contribution >= 0.6 is 18.5 Å². The molecule has 0 N–H and O–H groups in total. The second kappa shape index (κ2) is 9.83. The minimum absolute atomic E-state index is 1.20. The van der Waals surface area contributed by atoms with Crippen molar-refractivity contribution in [3.63, 3.8) is 0 Å². The van der Waals surface area contributed by atoms with Crippen LogP contribution in [-0.4, -0.2) is 0 Å². The predicted octanol–water partition coefficient (Wildman–Crippen LogP) is 8.51. The molecule has 0 amide bonds. The predicted molar refractivity (Wildman–Crippen MR) is 164 cm³/mol. The molecule has 0 bridgehead atoms. The lowest BCUT2D eigenvalue weighted by molar-refractivity contribution is 1.59. The Morgan fingerprint density at radius 2 is 0.750 bits per heavy atom. The Morgan fingerprint density at radius 1 is 0.333 bits per heavy atom. The molecular formula is C34H26P2. The molecule has 0 saturated heterocycles. The van der Waals surface area contributed by atoms with E-state index in [0.29, 0.717) is 0 Å². The van der Waals surface area contributed by atoms with Gasteiger partial charge in [-0.05, 0) is 65.9 Å². The van der Waals surface area contributed by atoms with E-state index in [1.54, 1.807) is 0 Å². The van der Waals surface area contributed by atoms with Crippen molar-refractivity contribution in [1.82, 2.24) is 0 Å². The zero-order chi connectivity index (χ0) is 24.5. The van der Waals surface area contributed by atoms with Crippen LogP contribution < -0.4 is 10.6 Å². The molecule has 36 heavy (non-hydrogen) atoms. The van der Waals surface area contributed by atoms with Gasteiger partial charge in [0.15, 0.2) is 0 Å². The van der Waals surface area contributed by atoms with E-state index in [4.69, 9.17) is 0 Å². The van der Waals surface area contributed by atoms with Crippen molar-refractivity contribution >= 4 is 39.9 Å². The van der Waals surface area contributed by atoms with Gasteiger partial charge in [-0.2, -0.15) is 0 Å². The van der Waals surface area contributed by atoms with E-state index in [1.807, 2.05) is 0 Å². The number of fused-ring (bicyclic) bond motifs is 1. The fourth-order valence-electron chi connectivity index (χ4n) is 5.23. The average Bonchev–Trinajstić information content (AvgIpc) is 2.95. The Hall–Kier alpha value is -3.56. The van der Waals surface area contributed by atoms with Gasteiger partial charge in [0, 0.05) is 0 Å².